The van der Waals surface area contributed by atoms with Gasteiger partial charge in [0.2, 0.25) is 11.8 Å². The van der Waals surface area contributed by atoms with E-state index in [0.29, 0.717) is 26.1 Å². The number of H-pyrrole nitrogens is 1. The van der Waals surface area contributed by atoms with Gasteiger partial charge < -0.3 is 30.0 Å². The number of piperidine rings is 1. The fourth-order valence-electron chi connectivity index (χ4n) is 5.87. The van der Waals surface area contributed by atoms with Crippen LogP contribution in [0.25, 0.3) is 10.9 Å². The number of methoxy groups -OCH3 is 2. The lowest BCUT2D eigenvalue weighted by molar-refractivity contribution is -0.140. The van der Waals surface area contributed by atoms with Gasteiger partial charge in [0, 0.05) is 56.0 Å². The van der Waals surface area contributed by atoms with E-state index in [2.05, 4.69) is 44.9 Å². The molecule has 3 aromatic rings. The predicted octanol–water partition coefficient (Wildman–Crippen LogP) is 3.97. The summed E-state index contributed by atoms with van der Waals surface area (Å²) in [6, 6.07) is 16.0. The molecule has 1 aliphatic heterocycles. The first kappa shape index (κ1) is 27.2. The lowest BCUT2D eigenvalue weighted by atomic mass is 9.91. The van der Waals surface area contributed by atoms with E-state index in [0.717, 1.165) is 42.5 Å². The van der Waals surface area contributed by atoms with E-state index >= 15 is 0 Å². The number of benzene rings is 2. The van der Waals surface area contributed by atoms with Crippen LogP contribution in [0.15, 0.2) is 54.7 Å². The summed E-state index contributed by atoms with van der Waals surface area (Å²) < 4.78 is 10.6. The van der Waals surface area contributed by atoms with E-state index in [9.17, 15) is 9.59 Å². The first-order valence-corrected chi connectivity index (χ1v) is 14.1. The summed E-state index contributed by atoms with van der Waals surface area (Å²) in [5.74, 6) is 0.695. The predicted molar refractivity (Wildman–Crippen MR) is 152 cm³/mol. The molecule has 2 aromatic carbocycles. The number of nitrogens with one attached hydrogen (secondary N) is 3. The van der Waals surface area contributed by atoms with Crippen LogP contribution in [-0.2, 0) is 20.7 Å². The van der Waals surface area contributed by atoms with E-state index < -0.39 is 0 Å². The molecule has 2 aliphatic rings. The SMILES string of the molecule is COCCCC(c1c[nH]c2ccccc12)N(C(=O)[C@@H]1CNC[C@H](NC(=O)Cc2cccc(OC)c2)C1)C1CC1. The molecular formula is C31H40N4O4. The monoisotopic (exact) mass is 532 g/mol. The molecule has 2 heterocycles. The van der Waals surface area contributed by atoms with Crippen LogP contribution in [0.1, 0.15) is 49.3 Å². The number of hydrogen-bond donors (Lipinski definition) is 3. The summed E-state index contributed by atoms with van der Waals surface area (Å²) in [6.07, 6.45) is 6.79. The van der Waals surface area contributed by atoms with Crippen LogP contribution in [-0.4, -0.2) is 67.7 Å². The number of para-hydroxylation sites is 1. The van der Waals surface area contributed by atoms with E-state index in [1.165, 1.54) is 10.9 Å². The number of aromatic nitrogens is 1. The van der Waals surface area contributed by atoms with Gasteiger partial charge >= 0.3 is 0 Å². The van der Waals surface area contributed by atoms with E-state index in [4.69, 9.17) is 9.47 Å². The fraction of sp³-hybridized carbons (Fsp3) is 0.484. The summed E-state index contributed by atoms with van der Waals surface area (Å²) >= 11 is 0. The number of ether oxygens (including phenoxy) is 2. The summed E-state index contributed by atoms with van der Waals surface area (Å²) in [6.45, 7) is 1.96. The van der Waals surface area contributed by atoms with Gasteiger partial charge in [0.15, 0.2) is 0 Å². The Hall–Kier alpha value is -3.36. The molecule has 1 saturated heterocycles. The molecular weight excluding hydrogens is 492 g/mol. The Kier molecular flexibility index (Phi) is 8.84. The zero-order valence-electron chi connectivity index (χ0n) is 22.9. The number of aromatic amines is 1. The van der Waals surface area contributed by atoms with Crippen LogP contribution in [0, 0.1) is 5.92 Å². The van der Waals surface area contributed by atoms with Gasteiger partial charge in [-0.25, -0.2) is 0 Å². The molecule has 3 N–H and O–H groups in total. The second kappa shape index (κ2) is 12.7. The Morgan fingerprint density at radius 1 is 1.10 bits per heavy atom. The average molecular weight is 533 g/mol. The van der Waals surface area contributed by atoms with Gasteiger partial charge in [-0.3, -0.25) is 9.59 Å². The minimum atomic E-state index is -0.184. The topological polar surface area (TPSA) is 95.7 Å². The molecule has 1 saturated carbocycles. The molecule has 1 unspecified atom stereocenters. The third-order valence-electron chi connectivity index (χ3n) is 7.90. The van der Waals surface area contributed by atoms with Crippen LogP contribution in [0.5, 0.6) is 5.75 Å². The highest BCUT2D eigenvalue weighted by Crippen LogP contribution is 2.40. The molecule has 5 rings (SSSR count). The van der Waals surface area contributed by atoms with Crippen molar-refractivity contribution in [1.29, 1.82) is 0 Å². The second-order valence-electron chi connectivity index (χ2n) is 10.8. The molecule has 1 aromatic heterocycles. The van der Waals surface area contributed by atoms with Gasteiger partial charge in [-0.1, -0.05) is 30.3 Å². The zero-order valence-corrected chi connectivity index (χ0v) is 22.9. The quantitative estimate of drug-likeness (QED) is 0.307. The number of carbonyl (C=O) groups is 2. The van der Waals surface area contributed by atoms with Crippen molar-refractivity contribution in [2.75, 3.05) is 33.9 Å². The van der Waals surface area contributed by atoms with Crippen molar-refractivity contribution in [3.63, 3.8) is 0 Å². The highest BCUT2D eigenvalue weighted by Gasteiger charge is 2.42. The second-order valence-corrected chi connectivity index (χ2v) is 10.8. The van der Waals surface area contributed by atoms with E-state index in [1.54, 1.807) is 14.2 Å². The molecule has 0 radical (unpaired) electrons. The Labute approximate surface area is 230 Å². The lowest BCUT2D eigenvalue weighted by Gasteiger charge is -2.38. The summed E-state index contributed by atoms with van der Waals surface area (Å²) in [7, 11) is 3.34. The molecule has 2 amide bonds. The molecule has 2 fully saturated rings. The van der Waals surface area contributed by atoms with E-state index in [1.807, 2.05) is 30.3 Å². The van der Waals surface area contributed by atoms with Crippen LogP contribution in [0.2, 0.25) is 0 Å². The normalized spacial score (nSPS) is 19.9. The van der Waals surface area contributed by atoms with Crippen LogP contribution in [0.3, 0.4) is 0 Å². The van der Waals surface area contributed by atoms with Crippen molar-refractivity contribution < 1.29 is 19.1 Å². The van der Waals surface area contributed by atoms with Crippen molar-refractivity contribution in [2.45, 2.75) is 56.7 Å². The van der Waals surface area contributed by atoms with Gasteiger partial charge in [0.1, 0.15) is 5.75 Å². The number of rotatable bonds is 12. The largest absolute Gasteiger partial charge is 0.497 e. The Morgan fingerprint density at radius 3 is 2.74 bits per heavy atom. The number of fused-ring (bicyclic) bond motifs is 1. The number of nitrogens with zero attached hydrogens (tertiary/aromatic N) is 1. The van der Waals surface area contributed by atoms with Gasteiger partial charge in [-0.15, -0.1) is 0 Å². The summed E-state index contributed by atoms with van der Waals surface area (Å²) in [4.78, 5) is 32.6. The van der Waals surface area contributed by atoms with Gasteiger partial charge in [0.05, 0.1) is 25.5 Å². The molecule has 39 heavy (non-hydrogen) atoms. The maximum absolute atomic E-state index is 14.2. The summed E-state index contributed by atoms with van der Waals surface area (Å²) in [5, 5.41) is 7.75. The molecule has 8 nitrogen and oxygen atoms in total. The van der Waals surface area contributed by atoms with Crippen LogP contribution in [0.4, 0.5) is 0 Å². The molecule has 0 bridgehead atoms. The highest BCUT2D eigenvalue weighted by atomic mass is 16.5. The molecule has 0 spiro atoms. The van der Waals surface area contributed by atoms with Crippen molar-refractivity contribution in [3.8, 4) is 5.75 Å². The highest BCUT2D eigenvalue weighted by molar-refractivity contribution is 5.86. The third kappa shape index (κ3) is 6.62. The smallest absolute Gasteiger partial charge is 0.227 e. The minimum absolute atomic E-state index is 0.0145. The lowest BCUT2D eigenvalue weighted by Crippen LogP contribution is -2.53. The first-order chi connectivity index (χ1) is 19.1. The van der Waals surface area contributed by atoms with Crippen molar-refractivity contribution in [3.05, 3.63) is 65.9 Å². The van der Waals surface area contributed by atoms with Crippen molar-refractivity contribution in [2.24, 2.45) is 5.92 Å². The van der Waals surface area contributed by atoms with E-state index in [-0.39, 0.29) is 42.3 Å². The van der Waals surface area contributed by atoms with Crippen molar-refractivity contribution >= 4 is 22.7 Å². The van der Waals surface area contributed by atoms with Crippen LogP contribution >= 0.6 is 0 Å². The van der Waals surface area contributed by atoms with Crippen molar-refractivity contribution in [1.82, 2.24) is 20.5 Å². The number of amides is 2. The number of hydrogen-bond acceptors (Lipinski definition) is 5. The van der Waals surface area contributed by atoms with Gasteiger partial charge in [-0.05, 0) is 61.4 Å². The fourth-order valence-corrected chi connectivity index (χ4v) is 5.87. The van der Waals surface area contributed by atoms with Crippen LogP contribution < -0.4 is 15.4 Å². The zero-order chi connectivity index (χ0) is 27.2. The Morgan fingerprint density at radius 2 is 1.95 bits per heavy atom. The summed E-state index contributed by atoms with van der Waals surface area (Å²) in [5.41, 5.74) is 3.17. The molecule has 8 heteroatoms. The van der Waals surface area contributed by atoms with Gasteiger partial charge in [0.25, 0.3) is 0 Å². The number of carbonyl (C=O) groups excluding carboxylic acids is 2. The average Bonchev–Trinajstić information content (AvgIpc) is 3.70. The Balaban J connectivity index is 1.29. The molecule has 3 atom stereocenters. The maximum atomic E-state index is 14.2. The third-order valence-corrected chi connectivity index (χ3v) is 7.90. The first-order valence-electron chi connectivity index (χ1n) is 14.1. The Bertz CT molecular complexity index is 1270. The maximum Gasteiger partial charge on any atom is 0.227 e. The minimum Gasteiger partial charge on any atom is -0.497 e. The standard InChI is InChI=1S/C31H40N4O4/c1-38-14-6-11-29(27-20-33-28-10-4-3-9-26(27)28)35(24-12-13-24)31(37)22-17-23(19-32-18-22)34-30(36)16-21-7-5-8-25(15-21)39-2/h3-5,7-10,15,20,22-24,29,32-33H,6,11-14,16-19H2,1-2H3,(H,34,36)/t22-,23+,29?/m0/s1. The van der Waals surface area contributed by atoms with Gasteiger partial charge in [-0.2, -0.15) is 0 Å². The molecule has 208 valence electrons. The molecule has 1 aliphatic carbocycles.